The van der Waals surface area contributed by atoms with Gasteiger partial charge in [-0.15, -0.1) is 0 Å². The maximum absolute atomic E-state index is 13.9. The van der Waals surface area contributed by atoms with E-state index in [4.69, 9.17) is 25.8 Å². The molecule has 2 amide bonds. The number of nitrogens with zero attached hydrogens (tertiary/aromatic N) is 2. The summed E-state index contributed by atoms with van der Waals surface area (Å²) in [6.45, 7) is 12.4. The number of methoxy groups -OCH3 is 1. The molecule has 9 heteroatoms. The molecule has 8 nitrogen and oxygen atoms in total. The van der Waals surface area contributed by atoms with Crippen molar-refractivity contribution < 1.29 is 28.9 Å². The van der Waals surface area contributed by atoms with Gasteiger partial charge in [-0.05, 0) is 119 Å². The lowest BCUT2D eigenvalue weighted by molar-refractivity contribution is -0.118. The number of carbonyl (C=O) groups is 2. The molecule has 0 aromatic heterocycles. The maximum atomic E-state index is 13.9. The molecule has 246 valence electrons. The van der Waals surface area contributed by atoms with E-state index in [-0.39, 0.29) is 30.4 Å². The van der Waals surface area contributed by atoms with Crippen molar-refractivity contribution in [2.75, 3.05) is 25.1 Å². The average Bonchev–Trinajstić information content (AvgIpc) is 3.00. The standard InChI is InChI=1S/C37H45ClN2O6/c1-23(2)45-32-22-30-25(20-31(32)44-7)21-33(41)40(34(30)24-8-12-28(38)13-9-24)29-14-10-26(11-15-29)37(6,43)27-16-18-39(19-17-27)35(42)46-36(3,4)5/h8-15,20,22-23,27,34,43H,16-19,21H2,1-7H3. The van der Waals surface area contributed by atoms with Crippen LogP contribution in [0.2, 0.25) is 5.02 Å². The molecular formula is C37H45ClN2O6. The fourth-order valence-electron chi connectivity index (χ4n) is 6.47. The van der Waals surface area contributed by atoms with Crippen LogP contribution in [0.15, 0.2) is 60.7 Å². The molecule has 2 aliphatic heterocycles. The lowest BCUT2D eigenvalue weighted by Crippen LogP contribution is -2.45. The van der Waals surface area contributed by atoms with E-state index >= 15 is 0 Å². The first-order chi connectivity index (χ1) is 21.7. The molecule has 2 unspecified atom stereocenters. The first-order valence-electron chi connectivity index (χ1n) is 15.9. The second kappa shape index (κ2) is 13.2. The second-order valence-corrected chi connectivity index (χ2v) is 14.1. The van der Waals surface area contributed by atoms with Gasteiger partial charge in [-0.2, -0.15) is 0 Å². The molecule has 2 heterocycles. The van der Waals surface area contributed by atoms with Gasteiger partial charge in [0.05, 0.1) is 31.3 Å². The summed E-state index contributed by atoms with van der Waals surface area (Å²) in [5.74, 6) is 1.11. The van der Waals surface area contributed by atoms with Crippen molar-refractivity contribution in [2.45, 2.75) is 84.2 Å². The Hall–Kier alpha value is -3.75. The Morgan fingerprint density at radius 1 is 0.957 bits per heavy atom. The molecule has 0 saturated carbocycles. The zero-order valence-electron chi connectivity index (χ0n) is 27.8. The highest BCUT2D eigenvalue weighted by Gasteiger charge is 2.39. The van der Waals surface area contributed by atoms with E-state index in [2.05, 4.69) is 0 Å². The summed E-state index contributed by atoms with van der Waals surface area (Å²) in [5.41, 5.74) is 2.55. The monoisotopic (exact) mass is 648 g/mol. The van der Waals surface area contributed by atoms with Gasteiger partial charge >= 0.3 is 6.09 Å². The molecule has 2 atom stereocenters. The number of hydrogen-bond acceptors (Lipinski definition) is 6. The van der Waals surface area contributed by atoms with Crippen molar-refractivity contribution in [3.8, 4) is 11.5 Å². The van der Waals surface area contributed by atoms with Crippen LogP contribution in [0.3, 0.4) is 0 Å². The number of benzene rings is 3. The number of ether oxygens (including phenoxy) is 3. The lowest BCUT2D eigenvalue weighted by Gasteiger charge is -2.41. The number of piperidine rings is 1. The first-order valence-corrected chi connectivity index (χ1v) is 16.3. The van der Waals surface area contributed by atoms with E-state index in [9.17, 15) is 14.7 Å². The molecule has 1 fully saturated rings. The third-order valence-electron chi connectivity index (χ3n) is 8.81. The largest absolute Gasteiger partial charge is 0.493 e. The van der Waals surface area contributed by atoms with E-state index in [1.54, 1.807) is 12.0 Å². The topological polar surface area (TPSA) is 88.5 Å². The third kappa shape index (κ3) is 7.13. The van der Waals surface area contributed by atoms with Crippen molar-refractivity contribution in [3.05, 3.63) is 87.9 Å². The number of aliphatic hydroxyl groups is 1. The fourth-order valence-corrected chi connectivity index (χ4v) is 6.60. The Kier molecular flexibility index (Phi) is 9.62. The van der Waals surface area contributed by atoms with Crippen LogP contribution < -0.4 is 14.4 Å². The average molecular weight is 649 g/mol. The van der Waals surface area contributed by atoms with Crippen molar-refractivity contribution >= 4 is 29.3 Å². The first kappa shape index (κ1) is 33.6. The minimum absolute atomic E-state index is 0.0447. The highest BCUT2D eigenvalue weighted by molar-refractivity contribution is 6.30. The Bertz CT molecular complexity index is 1550. The zero-order valence-corrected chi connectivity index (χ0v) is 28.6. The second-order valence-electron chi connectivity index (χ2n) is 13.7. The number of fused-ring (bicyclic) bond motifs is 1. The number of carbonyl (C=O) groups excluding carboxylic acids is 2. The molecule has 0 radical (unpaired) electrons. The quantitative estimate of drug-likeness (QED) is 0.283. The fraction of sp³-hybridized carbons (Fsp3) is 0.459. The number of halogens is 1. The van der Waals surface area contributed by atoms with Crippen LogP contribution >= 0.6 is 11.6 Å². The van der Waals surface area contributed by atoms with E-state index in [0.29, 0.717) is 42.5 Å². The van der Waals surface area contributed by atoms with Gasteiger partial charge < -0.3 is 29.1 Å². The Balaban J connectivity index is 1.44. The van der Waals surface area contributed by atoms with E-state index in [0.717, 1.165) is 27.9 Å². The minimum atomic E-state index is -1.12. The Morgan fingerprint density at radius 2 is 1.59 bits per heavy atom. The van der Waals surface area contributed by atoms with Crippen LogP contribution in [0, 0.1) is 5.92 Å². The molecular weight excluding hydrogens is 604 g/mol. The molecule has 0 spiro atoms. The molecule has 0 aliphatic carbocycles. The minimum Gasteiger partial charge on any atom is -0.493 e. The van der Waals surface area contributed by atoms with Gasteiger partial charge in [-0.3, -0.25) is 4.79 Å². The Labute approximate surface area is 277 Å². The SMILES string of the molecule is COc1cc2c(cc1OC(C)C)C(c1ccc(Cl)cc1)N(c1ccc(C(C)(O)C3CCN(C(=O)OC(C)(C)C)CC3)cc1)C(=O)C2. The third-order valence-corrected chi connectivity index (χ3v) is 9.06. The number of likely N-dealkylation sites (tertiary alicyclic amines) is 1. The van der Waals surface area contributed by atoms with Crippen LogP contribution in [0.5, 0.6) is 11.5 Å². The van der Waals surface area contributed by atoms with Crippen LogP contribution in [-0.4, -0.2) is 53.9 Å². The normalized spacial score (nSPS) is 18.7. The van der Waals surface area contributed by atoms with Crippen LogP contribution in [0.25, 0.3) is 0 Å². The van der Waals surface area contributed by atoms with Gasteiger partial charge in [-0.25, -0.2) is 4.79 Å². The van der Waals surface area contributed by atoms with E-state index in [1.807, 2.05) is 107 Å². The summed E-state index contributed by atoms with van der Waals surface area (Å²) < 4.78 is 17.3. The number of amides is 2. The van der Waals surface area contributed by atoms with Crippen molar-refractivity contribution in [1.29, 1.82) is 0 Å². The number of hydrogen-bond donors (Lipinski definition) is 1. The van der Waals surface area contributed by atoms with Gasteiger partial charge in [0.25, 0.3) is 0 Å². The molecule has 5 rings (SSSR count). The van der Waals surface area contributed by atoms with Crippen LogP contribution in [0.1, 0.15) is 82.7 Å². The van der Waals surface area contributed by atoms with Gasteiger partial charge in [0.1, 0.15) is 5.60 Å². The summed E-state index contributed by atoms with van der Waals surface area (Å²) in [5, 5.41) is 12.4. The predicted octanol–water partition coefficient (Wildman–Crippen LogP) is 7.67. The maximum Gasteiger partial charge on any atom is 0.410 e. The molecule has 3 aromatic carbocycles. The van der Waals surface area contributed by atoms with Crippen molar-refractivity contribution in [2.24, 2.45) is 5.92 Å². The number of rotatable bonds is 7. The van der Waals surface area contributed by atoms with E-state index < -0.39 is 17.2 Å². The van der Waals surface area contributed by atoms with Crippen LogP contribution in [-0.2, 0) is 21.6 Å². The van der Waals surface area contributed by atoms with Gasteiger partial charge in [-0.1, -0.05) is 35.9 Å². The Morgan fingerprint density at radius 3 is 2.15 bits per heavy atom. The van der Waals surface area contributed by atoms with E-state index in [1.165, 1.54) is 0 Å². The summed E-state index contributed by atoms with van der Waals surface area (Å²) in [6.07, 6.45) is 1.12. The molecule has 2 aliphatic rings. The van der Waals surface area contributed by atoms with Gasteiger partial charge in [0.15, 0.2) is 11.5 Å². The lowest BCUT2D eigenvalue weighted by atomic mass is 9.77. The molecule has 46 heavy (non-hydrogen) atoms. The summed E-state index contributed by atoms with van der Waals surface area (Å²) in [7, 11) is 1.60. The van der Waals surface area contributed by atoms with Gasteiger partial charge in [0, 0.05) is 23.8 Å². The summed E-state index contributed by atoms with van der Waals surface area (Å²) >= 11 is 6.26. The highest BCUT2D eigenvalue weighted by Crippen LogP contribution is 2.44. The summed E-state index contributed by atoms with van der Waals surface area (Å²) in [4.78, 5) is 30.0. The zero-order chi connectivity index (χ0) is 33.4. The van der Waals surface area contributed by atoms with Crippen molar-refractivity contribution in [1.82, 2.24) is 4.90 Å². The number of anilines is 1. The van der Waals surface area contributed by atoms with Crippen LogP contribution in [0.4, 0.5) is 10.5 Å². The molecule has 3 aromatic rings. The molecule has 1 N–H and O–H groups in total. The predicted molar refractivity (Wildman–Crippen MR) is 180 cm³/mol. The molecule has 0 bridgehead atoms. The summed E-state index contributed by atoms with van der Waals surface area (Å²) in [6, 6.07) is 18.6. The van der Waals surface area contributed by atoms with Gasteiger partial charge in [0.2, 0.25) is 5.91 Å². The smallest absolute Gasteiger partial charge is 0.410 e. The highest BCUT2D eigenvalue weighted by atomic mass is 35.5. The van der Waals surface area contributed by atoms with Crippen molar-refractivity contribution in [3.63, 3.8) is 0 Å². The molecule has 1 saturated heterocycles.